The lowest BCUT2D eigenvalue weighted by Crippen LogP contribution is -2.60. The average molecular weight is 371 g/mol. The van der Waals surface area contributed by atoms with Crippen molar-refractivity contribution in [2.45, 2.75) is 31.3 Å². The SMILES string of the molecule is C=CCN1CC[C@@]2(CCC1=O)CN(Cc1ccc(C(=O)O)cc1)CCN2C. The lowest BCUT2D eigenvalue weighted by atomic mass is 9.86. The molecule has 0 aromatic heterocycles. The van der Waals surface area contributed by atoms with Gasteiger partial charge in [-0.1, -0.05) is 18.2 Å². The Bertz CT molecular complexity index is 703. The van der Waals surface area contributed by atoms with Gasteiger partial charge in [-0.15, -0.1) is 6.58 Å². The number of rotatable bonds is 5. The fourth-order valence-corrected chi connectivity index (χ4v) is 4.27. The number of benzene rings is 1. The van der Waals surface area contributed by atoms with Crippen LogP contribution >= 0.6 is 0 Å². The molecule has 0 saturated carbocycles. The maximum absolute atomic E-state index is 12.4. The molecule has 2 fully saturated rings. The molecule has 2 aliphatic rings. The maximum Gasteiger partial charge on any atom is 0.335 e. The van der Waals surface area contributed by atoms with Gasteiger partial charge in [0.1, 0.15) is 0 Å². The minimum atomic E-state index is -0.896. The van der Waals surface area contributed by atoms with Gasteiger partial charge < -0.3 is 10.0 Å². The van der Waals surface area contributed by atoms with Crippen molar-refractivity contribution in [1.29, 1.82) is 0 Å². The van der Waals surface area contributed by atoms with Gasteiger partial charge in [-0.3, -0.25) is 14.6 Å². The molecule has 2 heterocycles. The number of amides is 1. The molecule has 6 nitrogen and oxygen atoms in total. The summed E-state index contributed by atoms with van der Waals surface area (Å²) in [4.78, 5) is 30.2. The highest BCUT2D eigenvalue weighted by atomic mass is 16.4. The van der Waals surface area contributed by atoms with Crippen molar-refractivity contribution in [3.05, 3.63) is 48.0 Å². The third-order valence-corrected chi connectivity index (χ3v) is 6.04. The average Bonchev–Trinajstić information content (AvgIpc) is 2.80. The van der Waals surface area contributed by atoms with E-state index >= 15 is 0 Å². The highest BCUT2D eigenvalue weighted by Gasteiger charge is 2.42. The Kier molecular flexibility index (Phi) is 5.97. The first kappa shape index (κ1) is 19.6. The van der Waals surface area contributed by atoms with Crippen molar-refractivity contribution in [1.82, 2.24) is 14.7 Å². The fraction of sp³-hybridized carbons (Fsp3) is 0.524. The van der Waals surface area contributed by atoms with E-state index in [9.17, 15) is 9.59 Å². The first-order valence-corrected chi connectivity index (χ1v) is 9.58. The summed E-state index contributed by atoms with van der Waals surface area (Å²) in [5.74, 6) is -0.672. The van der Waals surface area contributed by atoms with Crippen molar-refractivity contribution in [2.75, 3.05) is 39.8 Å². The van der Waals surface area contributed by atoms with Crippen LogP contribution in [0.1, 0.15) is 35.2 Å². The minimum absolute atomic E-state index is 0.0187. The van der Waals surface area contributed by atoms with E-state index in [0.29, 0.717) is 18.5 Å². The number of nitrogens with zero attached hydrogens (tertiary/aromatic N) is 3. The van der Waals surface area contributed by atoms with Gasteiger partial charge in [-0.05, 0) is 37.6 Å². The standard InChI is InChI=1S/C21H29N3O3/c1-3-11-24-12-10-21(9-8-19(24)25)16-23(14-13-22(21)2)15-17-4-6-18(7-5-17)20(26)27/h3-7H,1,8-16H2,2H3,(H,26,27)/t21-/m0/s1. The summed E-state index contributed by atoms with van der Waals surface area (Å²) in [5.41, 5.74) is 1.46. The van der Waals surface area contributed by atoms with Crippen LogP contribution < -0.4 is 0 Å². The molecule has 0 radical (unpaired) electrons. The molecule has 3 rings (SSSR count). The van der Waals surface area contributed by atoms with Crippen molar-refractivity contribution in [2.24, 2.45) is 0 Å². The molecule has 146 valence electrons. The highest BCUT2D eigenvalue weighted by molar-refractivity contribution is 5.87. The molecule has 1 spiro atoms. The van der Waals surface area contributed by atoms with Gasteiger partial charge in [0.2, 0.25) is 5.91 Å². The lowest BCUT2D eigenvalue weighted by Gasteiger charge is -2.49. The molecule has 6 heteroatoms. The van der Waals surface area contributed by atoms with Crippen LogP contribution in [0.4, 0.5) is 0 Å². The Morgan fingerprint density at radius 1 is 1.22 bits per heavy atom. The van der Waals surface area contributed by atoms with E-state index in [4.69, 9.17) is 5.11 Å². The highest BCUT2D eigenvalue weighted by Crippen LogP contribution is 2.32. The number of hydrogen-bond acceptors (Lipinski definition) is 4. The molecular formula is C21H29N3O3. The van der Waals surface area contributed by atoms with E-state index in [1.807, 2.05) is 17.0 Å². The molecule has 0 aliphatic carbocycles. The van der Waals surface area contributed by atoms with Gasteiger partial charge >= 0.3 is 5.97 Å². The third kappa shape index (κ3) is 4.39. The molecule has 1 N–H and O–H groups in total. The van der Waals surface area contributed by atoms with Crippen molar-refractivity contribution < 1.29 is 14.7 Å². The number of carboxylic acids is 1. The smallest absolute Gasteiger partial charge is 0.335 e. The number of piperazine rings is 1. The molecule has 0 unspecified atom stereocenters. The number of carboxylic acid groups (broad SMARTS) is 1. The number of likely N-dealkylation sites (tertiary alicyclic amines) is 1. The molecule has 1 atom stereocenters. The molecule has 2 saturated heterocycles. The Morgan fingerprint density at radius 3 is 2.63 bits per heavy atom. The minimum Gasteiger partial charge on any atom is -0.478 e. The topological polar surface area (TPSA) is 64.1 Å². The zero-order valence-electron chi connectivity index (χ0n) is 16.1. The first-order valence-electron chi connectivity index (χ1n) is 9.58. The van der Waals surface area contributed by atoms with Crippen LogP contribution in [0.25, 0.3) is 0 Å². The van der Waals surface area contributed by atoms with Crippen LogP contribution in [-0.4, -0.2) is 77.0 Å². The second-order valence-electron chi connectivity index (χ2n) is 7.74. The zero-order valence-corrected chi connectivity index (χ0v) is 16.1. The molecule has 1 amide bonds. The largest absolute Gasteiger partial charge is 0.478 e. The van der Waals surface area contributed by atoms with Gasteiger partial charge in [0.05, 0.1) is 5.56 Å². The van der Waals surface area contributed by atoms with Crippen LogP contribution in [0.5, 0.6) is 0 Å². The quantitative estimate of drug-likeness (QED) is 0.803. The summed E-state index contributed by atoms with van der Waals surface area (Å²) in [7, 11) is 2.17. The second-order valence-corrected chi connectivity index (χ2v) is 7.74. The van der Waals surface area contributed by atoms with E-state index in [1.54, 1.807) is 18.2 Å². The summed E-state index contributed by atoms with van der Waals surface area (Å²) in [5, 5.41) is 9.05. The molecular weight excluding hydrogens is 342 g/mol. The molecule has 2 aliphatic heterocycles. The van der Waals surface area contributed by atoms with Crippen LogP contribution in [0.15, 0.2) is 36.9 Å². The number of hydrogen-bond donors (Lipinski definition) is 1. The maximum atomic E-state index is 12.4. The molecule has 27 heavy (non-hydrogen) atoms. The predicted octanol–water partition coefficient (Wildman–Crippen LogP) is 2.07. The summed E-state index contributed by atoms with van der Waals surface area (Å²) in [6.07, 6.45) is 4.23. The van der Waals surface area contributed by atoms with Gasteiger partial charge in [-0.2, -0.15) is 0 Å². The van der Waals surface area contributed by atoms with Gasteiger partial charge in [-0.25, -0.2) is 4.79 Å². The summed E-state index contributed by atoms with van der Waals surface area (Å²) < 4.78 is 0. The Morgan fingerprint density at radius 2 is 1.96 bits per heavy atom. The summed E-state index contributed by atoms with van der Waals surface area (Å²) in [6.45, 7) is 8.85. The van der Waals surface area contributed by atoms with Crippen molar-refractivity contribution in [3.63, 3.8) is 0 Å². The third-order valence-electron chi connectivity index (χ3n) is 6.04. The van der Waals surface area contributed by atoms with E-state index in [1.165, 1.54) is 0 Å². The Balaban J connectivity index is 1.69. The van der Waals surface area contributed by atoms with Gasteiger partial charge in [0, 0.05) is 51.2 Å². The summed E-state index contributed by atoms with van der Waals surface area (Å²) in [6, 6.07) is 7.13. The van der Waals surface area contributed by atoms with E-state index in [-0.39, 0.29) is 11.4 Å². The lowest BCUT2D eigenvalue weighted by molar-refractivity contribution is -0.130. The van der Waals surface area contributed by atoms with Gasteiger partial charge in [0.15, 0.2) is 0 Å². The fourth-order valence-electron chi connectivity index (χ4n) is 4.27. The summed E-state index contributed by atoms with van der Waals surface area (Å²) >= 11 is 0. The molecule has 1 aromatic carbocycles. The van der Waals surface area contributed by atoms with Crippen molar-refractivity contribution >= 4 is 11.9 Å². The normalized spacial score (nSPS) is 24.8. The number of aromatic carboxylic acids is 1. The molecule has 1 aromatic rings. The Hall–Kier alpha value is -2.18. The van der Waals surface area contributed by atoms with E-state index in [2.05, 4.69) is 23.4 Å². The number of likely N-dealkylation sites (N-methyl/N-ethyl adjacent to an activating group) is 1. The monoisotopic (exact) mass is 371 g/mol. The number of carbonyl (C=O) groups excluding carboxylic acids is 1. The van der Waals surface area contributed by atoms with E-state index < -0.39 is 5.97 Å². The Labute approximate surface area is 161 Å². The second kappa shape index (κ2) is 8.23. The van der Waals surface area contributed by atoms with Crippen LogP contribution in [-0.2, 0) is 11.3 Å². The van der Waals surface area contributed by atoms with E-state index in [0.717, 1.165) is 51.1 Å². The number of carbonyl (C=O) groups is 2. The predicted molar refractivity (Wildman–Crippen MR) is 105 cm³/mol. The first-order chi connectivity index (χ1) is 12.9. The van der Waals surface area contributed by atoms with Crippen LogP contribution in [0.2, 0.25) is 0 Å². The van der Waals surface area contributed by atoms with Crippen LogP contribution in [0, 0.1) is 0 Å². The van der Waals surface area contributed by atoms with Crippen LogP contribution in [0.3, 0.4) is 0 Å². The molecule has 0 bridgehead atoms. The zero-order chi connectivity index (χ0) is 19.4. The van der Waals surface area contributed by atoms with Gasteiger partial charge in [0.25, 0.3) is 0 Å². The van der Waals surface area contributed by atoms with Crippen molar-refractivity contribution in [3.8, 4) is 0 Å².